The van der Waals surface area contributed by atoms with Crippen LogP contribution in [0.15, 0.2) is 42.5 Å². The molecule has 4 heteroatoms. The largest absolute Gasteiger partial charge is 0.496 e. The molecule has 0 amide bonds. The summed E-state index contributed by atoms with van der Waals surface area (Å²) in [7, 11) is 1.59. The van der Waals surface area contributed by atoms with Gasteiger partial charge < -0.3 is 15.2 Å². The molecule has 3 nitrogen and oxygen atoms in total. The normalized spacial score (nSPS) is 12.0. The summed E-state index contributed by atoms with van der Waals surface area (Å²) in [5.74, 6) is 1.34. The Hall–Kier alpha value is -2.07. The van der Waals surface area contributed by atoms with Crippen molar-refractivity contribution < 1.29 is 13.9 Å². The SMILES string of the molecule is COc1ccc(F)cc1C(CN)CCCOc1ccc(C)cc1. The smallest absolute Gasteiger partial charge is 0.123 e. The Kier molecular flexibility index (Phi) is 6.41. The molecule has 2 aromatic carbocycles. The fourth-order valence-corrected chi connectivity index (χ4v) is 2.58. The molecule has 0 aliphatic carbocycles. The van der Waals surface area contributed by atoms with E-state index in [0.29, 0.717) is 18.9 Å². The molecule has 2 N–H and O–H groups in total. The van der Waals surface area contributed by atoms with Crippen molar-refractivity contribution in [2.75, 3.05) is 20.3 Å². The van der Waals surface area contributed by atoms with Gasteiger partial charge in [-0.05, 0) is 56.6 Å². The predicted octanol–water partition coefficient (Wildman–Crippen LogP) is 4.04. The lowest BCUT2D eigenvalue weighted by atomic mass is 9.93. The van der Waals surface area contributed by atoms with E-state index >= 15 is 0 Å². The number of ether oxygens (including phenoxy) is 2. The van der Waals surface area contributed by atoms with E-state index in [-0.39, 0.29) is 11.7 Å². The van der Waals surface area contributed by atoms with Crippen LogP contribution >= 0.6 is 0 Å². The van der Waals surface area contributed by atoms with Crippen LogP contribution < -0.4 is 15.2 Å². The highest BCUT2D eigenvalue weighted by Gasteiger charge is 2.15. The molecule has 0 bridgehead atoms. The minimum atomic E-state index is -0.268. The predicted molar refractivity (Wildman–Crippen MR) is 90.7 cm³/mol. The Bertz CT molecular complexity index is 613. The van der Waals surface area contributed by atoms with Gasteiger partial charge in [0.1, 0.15) is 17.3 Å². The topological polar surface area (TPSA) is 44.5 Å². The monoisotopic (exact) mass is 317 g/mol. The summed E-state index contributed by atoms with van der Waals surface area (Å²) < 4.78 is 24.5. The van der Waals surface area contributed by atoms with Crippen molar-refractivity contribution in [2.24, 2.45) is 5.73 Å². The molecule has 1 unspecified atom stereocenters. The average molecular weight is 317 g/mol. The van der Waals surface area contributed by atoms with Gasteiger partial charge in [-0.2, -0.15) is 0 Å². The summed E-state index contributed by atoms with van der Waals surface area (Å²) in [4.78, 5) is 0. The highest BCUT2D eigenvalue weighted by atomic mass is 19.1. The van der Waals surface area contributed by atoms with Crippen LogP contribution in [0.1, 0.15) is 29.9 Å². The molecule has 2 aromatic rings. The molecule has 0 saturated heterocycles. The summed E-state index contributed by atoms with van der Waals surface area (Å²) in [6.07, 6.45) is 1.66. The fraction of sp³-hybridized carbons (Fsp3) is 0.368. The highest BCUT2D eigenvalue weighted by molar-refractivity contribution is 5.37. The standard InChI is InChI=1S/C19H24FNO2/c1-14-5-8-17(9-6-14)23-11-3-4-15(13-21)18-12-16(20)7-10-19(18)22-2/h5-10,12,15H,3-4,11,13,21H2,1-2H3. The minimum absolute atomic E-state index is 0.0577. The van der Waals surface area contributed by atoms with Crippen molar-refractivity contribution in [3.63, 3.8) is 0 Å². The van der Waals surface area contributed by atoms with E-state index in [2.05, 4.69) is 0 Å². The van der Waals surface area contributed by atoms with E-state index in [0.717, 1.165) is 24.2 Å². The molecule has 0 aliphatic heterocycles. The summed E-state index contributed by atoms with van der Waals surface area (Å²) in [6, 6.07) is 12.5. The average Bonchev–Trinajstić information content (AvgIpc) is 2.56. The van der Waals surface area contributed by atoms with Gasteiger partial charge in [-0.1, -0.05) is 17.7 Å². The van der Waals surface area contributed by atoms with E-state index in [1.807, 2.05) is 31.2 Å². The Labute approximate surface area is 137 Å². The van der Waals surface area contributed by atoms with E-state index < -0.39 is 0 Å². The van der Waals surface area contributed by atoms with Crippen LogP contribution in [-0.4, -0.2) is 20.3 Å². The quantitative estimate of drug-likeness (QED) is 0.747. The van der Waals surface area contributed by atoms with Crippen molar-refractivity contribution >= 4 is 0 Å². The van der Waals surface area contributed by atoms with Crippen molar-refractivity contribution in [2.45, 2.75) is 25.7 Å². The zero-order valence-electron chi connectivity index (χ0n) is 13.7. The maximum absolute atomic E-state index is 13.5. The fourth-order valence-electron chi connectivity index (χ4n) is 2.58. The van der Waals surface area contributed by atoms with Gasteiger partial charge in [-0.25, -0.2) is 4.39 Å². The molecule has 0 saturated carbocycles. The summed E-state index contributed by atoms with van der Waals surface area (Å²) in [5.41, 5.74) is 7.90. The molecule has 23 heavy (non-hydrogen) atoms. The molecule has 0 aromatic heterocycles. The molecule has 2 rings (SSSR count). The van der Waals surface area contributed by atoms with Gasteiger partial charge in [-0.15, -0.1) is 0 Å². The van der Waals surface area contributed by atoms with Gasteiger partial charge in [0.05, 0.1) is 13.7 Å². The Morgan fingerprint density at radius 1 is 1.13 bits per heavy atom. The van der Waals surface area contributed by atoms with Crippen LogP contribution in [0.2, 0.25) is 0 Å². The van der Waals surface area contributed by atoms with Crippen molar-refractivity contribution in [1.29, 1.82) is 0 Å². The summed E-state index contributed by atoms with van der Waals surface area (Å²) in [5, 5.41) is 0. The third-order valence-electron chi connectivity index (χ3n) is 3.90. The van der Waals surface area contributed by atoms with E-state index in [9.17, 15) is 4.39 Å². The lowest BCUT2D eigenvalue weighted by Gasteiger charge is -2.18. The molecule has 0 aliphatic rings. The van der Waals surface area contributed by atoms with Gasteiger partial charge in [0.2, 0.25) is 0 Å². The number of benzene rings is 2. The number of aryl methyl sites for hydroxylation is 1. The van der Waals surface area contributed by atoms with Crippen LogP contribution in [0.5, 0.6) is 11.5 Å². The lowest BCUT2D eigenvalue weighted by Crippen LogP contribution is -2.15. The molecular formula is C19H24FNO2. The first-order chi connectivity index (χ1) is 11.1. The first-order valence-electron chi connectivity index (χ1n) is 7.87. The van der Waals surface area contributed by atoms with Gasteiger partial charge in [0.25, 0.3) is 0 Å². The molecule has 0 spiro atoms. The first-order valence-corrected chi connectivity index (χ1v) is 7.87. The van der Waals surface area contributed by atoms with E-state index in [4.69, 9.17) is 15.2 Å². The number of hydrogen-bond acceptors (Lipinski definition) is 3. The summed E-state index contributed by atoms with van der Waals surface area (Å²) in [6.45, 7) is 3.10. The highest BCUT2D eigenvalue weighted by Crippen LogP contribution is 2.30. The van der Waals surface area contributed by atoms with Crippen LogP contribution in [0.3, 0.4) is 0 Å². The van der Waals surface area contributed by atoms with Crippen LogP contribution in [0.25, 0.3) is 0 Å². The van der Waals surface area contributed by atoms with Crippen molar-refractivity contribution in [3.8, 4) is 11.5 Å². The Morgan fingerprint density at radius 3 is 2.52 bits per heavy atom. The molecule has 1 atom stereocenters. The first kappa shape index (κ1) is 17.3. The Morgan fingerprint density at radius 2 is 1.87 bits per heavy atom. The van der Waals surface area contributed by atoms with Gasteiger partial charge in [0.15, 0.2) is 0 Å². The van der Waals surface area contributed by atoms with Gasteiger partial charge >= 0.3 is 0 Å². The molecular weight excluding hydrogens is 293 g/mol. The maximum atomic E-state index is 13.5. The third-order valence-corrected chi connectivity index (χ3v) is 3.90. The second kappa shape index (κ2) is 8.53. The molecule has 0 radical (unpaired) electrons. The van der Waals surface area contributed by atoms with Gasteiger partial charge in [0, 0.05) is 11.5 Å². The second-order valence-corrected chi connectivity index (χ2v) is 5.62. The van der Waals surface area contributed by atoms with Crippen LogP contribution in [-0.2, 0) is 0 Å². The second-order valence-electron chi connectivity index (χ2n) is 5.62. The number of rotatable bonds is 8. The van der Waals surface area contributed by atoms with E-state index in [1.165, 1.54) is 17.7 Å². The number of halogens is 1. The van der Waals surface area contributed by atoms with Gasteiger partial charge in [-0.3, -0.25) is 0 Å². The number of hydrogen-bond donors (Lipinski definition) is 1. The number of methoxy groups -OCH3 is 1. The minimum Gasteiger partial charge on any atom is -0.496 e. The molecule has 124 valence electrons. The number of nitrogens with two attached hydrogens (primary N) is 1. The molecule has 0 fully saturated rings. The third kappa shape index (κ3) is 4.96. The Balaban J connectivity index is 1.90. The van der Waals surface area contributed by atoms with Crippen molar-refractivity contribution in [3.05, 3.63) is 59.4 Å². The lowest BCUT2D eigenvalue weighted by molar-refractivity contribution is 0.300. The van der Waals surface area contributed by atoms with E-state index in [1.54, 1.807) is 13.2 Å². The molecule has 0 heterocycles. The zero-order valence-corrected chi connectivity index (χ0v) is 13.7. The van der Waals surface area contributed by atoms with Crippen molar-refractivity contribution in [1.82, 2.24) is 0 Å². The maximum Gasteiger partial charge on any atom is 0.123 e. The van der Waals surface area contributed by atoms with Crippen LogP contribution in [0.4, 0.5) is 4.39 Å². The summed E-state index contributed by atoms with van der Waals surface area (Å²) >= 11 is 0. The van der Waals surface area contributed by atoms with Crippen LogP contribution in [0, 0.1) is 12.7 Å². The zero-order chi connectivity index (χ0) is 16.7.